The van der Waals surface area contributed by atoms with Gasteiger partial charge in [-0.05, 0) is 18.2 Å². The Balaban J connectivity index is 2.02. The number of rotatable bonds is 5. The minimum absolute atomic E-state index is 0.0308. The quantitative estimate of drug-likeness (QED) is 0.749. The van der Waals surface area contributed by atoms with E-state index in [2.05, 4.69) is 10.3 Å². The van der Waals surface area contributed by atoms with Gasteiger partial charge in [0.2, 0.25) is 5.91 Å². The van der Waals surface area contributed by atoms with Crippen LogP contribution in [0, 0.1) is 0 Å². The maximum absolute atomic E-state index is 11.9. The first-order chi connectivity index (χ1) is 10.9. The highest BCUT2D eigenvalue weighted by molar-refractivity contribution is 6.33. The fraction of sp³-hybridized carbons (Fsp3) is 0.143. The van der Waals surface area contributed by atoms with Crippen molar-refractivity contribution < 1.29 is 14.7 Å². The number of amides is 1. The summed E-state index contributed by atoms with van der Waals surface area (Å²) in [6, 6.07) is 5.26. The Kier molecular flexibility index (Phi) is 4.97. The van der Waals surface area contributed by atoms with Crippen molar-refractivity contribution in [2.45, 2.75) is 13.0 Å². The third-order valence-corrected chi connectivity index (χ3v) is 3.29. The predicted molar refractivity (Wildman–Crippen MR) is 83.0 cm³/mol. The number of aryl methyl sites for hydroxylation is 1. The summed E-state index contributed by atoms with van der Waals surface area (Å²) in [6.45, 7) is 0.0703. The Morgan fingerprint density at radius 3 is 2.65 bits per heavy atom. The SMILES string of the molecule is O=C(CCn1ccc(=O)[nH]c1=O)Nc1ccc(Cl)c(C(=O)O)c1. The maximum atomic E-state index is 11.9. The molecule has 120 valence electrons. The van der Waals surface area contributed by atoms with Gasteiger partial charge in [-0.2, -0.15) is 0 Å². The second-order valence-corrected chi connectivity index (χ2v) is 5.01. The lowest BCUT2D eigenvalue weighted by Gasteiger charge is -2.08. The van der Waals surface area contributed by atoms with Crippen LogP contribution < -0.4 is 16.6 Å². The molecule has 0 aliphatic heterocycles. The molecular weight excluding hydrogens is 326 g/mol. The molecule has 1 heterocycles. The molecule has 1 aromatic carbocycles. The number of benzene rings is 1. The van der Waals surface area contributed by atoms with Crippen molar-refractivity contribution in [3.8, 4) is 0 Å². The van der Waals surface area contributed by atoms with Crippen LogP contribution in [0.15, 0.2) is 40.1 Å². The molecule has 3 N–H and O–H groups in total. The monoisotopic (exact) mass is 337 g/mol. The van der Waals surface area contributed by atoms with Gasteiger partial charge >= 0.3 is 11.7 Å². The zero-order valence-corrected chi connectivity index (χ0v) is 12.5. The van der Waals surface area contributed by atoms with Gasteiger partial charge in [0.25, 0.3) is 5.56 Å². The van der Waals surface area contributed by atoms with E-state index < -0.39 is 23.1 Å². The average molecular weight is 338 g/mol. The molecule has 0 unspecified atom stereocenters. The van der Waals surface area contributed by atoms with E-state index in [1.54, 1.807) is 0 Å². The third kappa shape index (κ3) is 4.30. The lowest BCUT2D eigenvalue weighted by molar-refractivity contribution is -0.116. The summed E-state index contributed by atoms with van der Waals surface area (Å²) in [5.41, 5.74) is -0.963. The zero-order valence-electron chi connectivity index (χ0n) is 11.7. The number of anilines is 1. The molecule has 1 amide bonds. The van der Waals surface area contributed by atoms with Crippen LogP contribution in [0.25, 0.3) is 0 Å². The first-order valence-electron chi connectivity index (χ1n) is 6.49. The Hall–Kier alpha value is -2.87. The number of hydrogen-bond donors (Lipinski definition) is 3. The number of hydrogen-bond acceptors (Lipinski definition) is 4. The molecule has 0 bridgehead atoms. The summed E-state index contributed by atoms with van der Waals surface area (Å²) in [4.78, 5) is 47.3. The van der Waals surface area contributed by atoms with Crippen LogP contribution in [0.2, 0.25) is 5.02 Å². The van der Waals surface area contributed by atoms with Crippen molar-refractivity contribution in [1.82, 2.24) is 9.55 Å². The number of halogens is 1. The van der Waals surface area contributed by atoms with Gasteiger partial charge in [0.05, 0.1) is 10.6 Å². The van der Waals surface area contributed by atoms with Gasteiger partial charge < -0.3 is 15.0 Å². The van der Waals surface area contributed by atoms with Crippen LogP contribution in [-0.2, 0) is 11.3 Å². The van der Waals surface area contributed by atoms with Gasteiger partial charge in [-0.1, -0.05) is 11.6 Å². The predicted octanol–water partition coefficient (Wildman–Crippen LogP) is 0.917. The molecule has 1 aromatic heterocycles. The molecule has 0 saturated heterocycles. The third-order valence-electron chi connectivity index (χ3n) is 2.96. The second-order valence-electron chi connectivity index (χ2n) is 4.60. The summed E-state index contributed by atoms with van der Waals surface area (Å²) in [5.74, 6) is -1.62. The lowest BCUT2D eigenvalue weighted by atomic mass is 10.2. The van der Waals surface area contributed by atoms with Gasteiger partial charge in [0, 0.05) is 30.9 Å². The first kappa shape index (κ1) is 16.5. The molecule has 0 fully saturated rings. The molecule has 0 spiro atoms. The first-order valence-corrected chi connectivity index (χ1v) is 6.87. The Morgan fingerprint density at radius 1 is 1.26 bits per heavy atom. The van der Waals surface area contributed by atoms with E-state index in [-0.39, 0.29) is 29.2 Å². The molecule has 0 saturated carbocycles. The molecule has 9 heteroatoms. The molecule has 0 radical (unpaired) electrons. The zero-order chi connectivity index (χ0) is 17.0. The number of carboxylic acids is 1. The molecule has 0 aliphatic rings. The molecule has 2 aromatic rings. The van der Waals surface area contributed by atoms with E-state index in [9.17, 15) is 19.2 Å². The van der Waals surface area contributed by atoms with Crippen LogP contribution in [0.3, 0.4) is 0 Å². The molecule has 2 rings (SSSR count). The van der Waals surface area contributed by atoms with Crippen molar-refractivity contribution in [2.24, 2.45) is 0 Å². The summed E-state index contributed by atoms with van der Waals surface area (Å²) in [7, 11) is 0. The number of aromatic nitrogens is 2. The summed E-state index contributed by atoms with van der Waals surface area (Å²) in [6.07, 6.45) is 1.26. The number of carbonyl (C=O) groups is 2. The number of H-pyrrole nitrogens is 1. The van der Waals surface area contributed by atoms with E-state index in [0.717, 1.165) is 0 Å². The van der Waals surface area contributed by atoms with Crippen molar-refractivity contribution >= 4 is 29.2 Å². The Labute approximate surface area is 134 Å². The minimum atomic E-state index is -1.20. The number of nitrogens with zero attached hydrogens (tertiary/aromatic N) is 1. The highest BCUT2D eigenvalue weighted by Gasteiger charge is 2.11. The average Bonchev–Trinajstić information content (AvgIpc) is 2.48. The largest absolute Gasteiger partial charge is 0.478 e. The molecule has 0 aliphatic carbocycles. The number of nitrogens with one attached hydrogen (secondary N) is 2. The van der Waals surface area contributed by atoms with Crippen molar-refractivity contribution in [2.75, 3.05) is 5.32 Å². The topological polar surface area (TPSA) is 121 Å². The fourth-order valence-electron chi connectivity index (χ4n) is 1.83. The highest BCUT2D eigenvalue weighted by atomic mass is 35.5. The normalized spacial score (nSPS) is 10.3. The van der Waals surface area contributed by atoms with E-state index in [1.165, 1.54) is 35.0 Å². The van der Waals surface area contributed by atoms with E-state index >= 15 is 0 Å². The number of carbonyl (C=O) groups excluding carboxylic acids is 1. The van der Waals surface area contributed by atoms with Crippen LogP contribution in [0.4, 0.5) is 5.69 Å². The van der Waals surface area contributed by atoms with Crippen LogP contribution >= 0.6 is 11.6 Å². The minimum Gasteiger partial charge on any atom is -0.478 e. The fourth-order valence-corrected chi connectivity index (χ4v) is 2.03. The summed E-state index contributed by atoms with van der Waals surface area (Å²) < 4.78 is 1.19. The smallest absolute Gasteiger partial charge is 0.337 e. The number of aromatic carboxylic acids is 1. The van der Waals surface area contributed by atoms with E-state index in [4.69, 9.17) is 16.7 Å². The van der Waals surface area contributed by atoms with Crippen molar-refractivity contribution in [3.63, 3.8) is 0 Å². The molecule has 0 atom stereocenters. The van der Waals surface area contributed by atoms with Crippen molar-refractivity contribution in [1.29, 1.82) is 0 Å². The highest BCUT2D eigenvalue weighted by Crippen LogP contribution is 2.20. The standard InChI is InChI=1S/C14H12ClN3O5/c15-10-2-1-8(7-9(10)13(21)22)16-11(19)3-5-18-6-4-12(20)17-14(18)23/h1-2,4,6-7H,3,5H2,(H,16,19)(H,21,22)(H,17,20,23). The summed E-state index contributed by atoms with van der Waals surface area (Å²) >= 11 is 5.74. The molecule has 23 heavy (non-hydrogen) atoms. The van der Waals surface area contributed by atoms with E-state index in [1.807, 2.05) is 0 Å². The Morgan fingerprint density at radius 2 is 2.00 bits per heavy atom. The summed E-state index contributed by atoms with van der Waals surface area (Å²) in [5, 5.41) is 11.5. The van der Waals surface area contributed by atoms with Crippen molar-refractivity contribution in [3.05, 3.63) is 61.9 Å². The van der Waals surface area contributed by atoms with Gasteiger partial charge in [0.15, 0.2) is 0 Å². The number of aromatic amines is 1. The van der Waals surface area contributed by atoms with Crippen LogP contribution in [0.5, 0.6) is 0 Å². The molecular formula is C14H12ClN3O5. The van der Waals surface area contributed by atoms with Gasteiger partial charge in [-0.25, -0.2) is 9.59 Å². The van der Waals surface area contributed by atoms with E-state index in [0.29, 0.717) is 0 Å². The molecule has 8 nitrogen and oxygen atoms in total. The Bertz CT molecular complexity index is 871. The van der Waals surface area contributed by atoms with Gasteiger partial charge in [0.1, 0.15) is 0 Å². The van der Waals surface area contributed by atoms with Gasteiger partial charge in [-0.15, -0.1) is 0 Å². The number of carboxylic acid groups (broad SMARTS) is 1. The maximum Gasteiger partial charge on any atom is 0.337 e. The van der Waals surface area contributed by atoms with Crippen LogP contribution in [0.1, 0.15) is 16.8 Å². The lowest BCUT2D eigenvalue weighted by Crippen LogP contribution is -2.29. The van der Waals surface area contributed by atoms with Crippen LogP contribution in [-0.4, -0.2) is 26.5 Å². The van der Waals surface area contributed by atoms with Gasteiger partial charge in [-0.3, -0.25) is 14.6 Å². The second kappa shape index (κ2) is 6.93.